The first-order chi connectivity index (χ1) is 8.42. The molecule has 2 atom stereocenters. The summed E-state index contributed by atoms with van der Waals surface area (Å²) in [5, 5.41) is 0.186. The van der Waals surface area contributed by atoms with E-state index in [1.54, 1.807) is 18.2 Å². The van der Waals surface area contributed by atoms with Gasteiger partial charge in [-0.1, -0.05) is 44.0 Å². The molecule has 0 saturated heterocycles. The SMILES string of the molecule is CC1(C)CCCC1C(N)Cc1cccc(Cl)c1F. The van der Waals surface area contributed by atoms with E-state index in [1.807, 2.05) is 0 Å². The molecular weight excluding hydrogens is 249 g/mol. The Morgan fingerprint density at radius 1 is 1.50 bits per heavy atom. The largest absolute Gasteiger partial charge is 0.327 e. The zero-order valence-corrected chi connectivity index (χ0v) is 11.8. The summed E-state index contributed by atoms with van der Waals surface area (Å²) < 4.78 is 13.9. The maximum Gasteiger partial charge on any atom is 0.145 e. The molecule has 1 aliphatic rings. The Balaban J connectivity index is 2.12. The van der Waals surface area contributed by atoms with E-state index in [9.17, 15) is 4.39 Å². The zero-order chi connectivity index (χ0) is 13.3. The van der Waals surface area contributed by atoms with Gasteiger partial charge in [0.05, 0.1) is 5.02 Å². The van der Waals surface area contributed by atoms with Crippen LogP contribution in [0, 0.1) is 17.2 Å². The van der Waals surface area contributed by atoms with Crippen LogP contribution in [-0.4, -0.2) is 6.04 Å². The zero-order valence-electron chi connectivity index (χ0n) is 11.0. The number of rotatable bonds is 3. The lowest BCUT2D eigenvalue weighted by Crippen LogP contribution is -2.38. The average Bonchev–Trinajstić information content (AvgIpc) is 2.65. The highest BCUT2D eigenvalue weighted by Gasteiger charge is 2.38. The van der Waals surface area contributed by atoms with Gasteiger partial charge >= 0.3 is 0 Å². The Kier molecular flexibility index (Phi) is 3.98. The third-order valence-corrected chi connectivity index (χ3v) is 4.64. The van der Waals surface area contributed by atoms with Gasteiger partial charge in [0.1, 0.15) is 5.82 Å². The molecule has 2 rings (SSSR count). The summed E-state index contributed by atoms with van der Waals surface area (Å²) in [5.74, 6) is 0.154. The third kappa shape index (κ3) is 2.70. The van der Waals surface area contributed by atoms with Crippen molar-refractivity contribution in [3.05, 3.63) is 34.6 Å². The minimum atomic E-state index is -0.314. The fraction of sp³-hybridized carbons (Fsp3) is 0.600. The lowest BCUT2D eigenvalue weighted by molar-refractivity contribution is 0.219. The van der Waals surface area contributed by atoms with Crippen LogP contribution in [0.15, 0.2) is 18.2 Å². The Hall–Kier alpha value is -0.600. The maximum atomic E-state index is 13.9. The lowest BCUT2D eigenvalue weighted by atomic mass is 9.76. The van der Waals surface area contributed by atoms with E-state index in [1.165, 1.54) is 12.8 Å². The molecule has 0 bridgehead atoms. The topological polar surface area (TPSA) is 26.0 Å². The normalized spacial score (nSPS) is 24.2. The second kappa shape index (κ2) is 5.18. The van der Waals surface area contributed by atoms with Crippen LogP contribution < -0.4 is 5.73 Å². The number of benzene rings is 1. The van der Waals surface area contributed by atoms with Crippen molar-refractivity contribution in [2.75, 3.05) is 0 Å². The minimum absolute atomic E-state index is 0.00969. The van der Waals surface area contributed by atoms with E-state index in [0.29, 0.717) is 17.9 Å². The summed E-state index contributed by atoms with van der Waals surface area (Å²) in [6.45, 7) is 4.53. The molecule has 3 heteroatoms. The number of hydrogen-bond donors (Lipinski definition) is 1. The van der Waals surface area contributed by atoms with Gasteiger partial charge in [0.25, 0.3) is 0 Å². The first-order valence-electron chi connectivity index (χ1n) is 6.60. The van der Waals surface area contributed by atoms with Gasteiger partial charge in [0.2, 0.25) is 0 Å². The lowest BCUT2D eigenvalue weighted by Gasteiger charge is -2.32. The molecule has 1 fully saturated rings. The van der Waals surface area contributed by atoms with Crippen molar-refractivity contribution in [3.63, 3.8) is 0 Å². The van der Waals surface area contributed by atoms with Gasteiger partial charge in [0, 0.05) is 6.04 Å². The first kappa shape index (κ1) is 13.8. The highest BCUT2D eigenvalue weighted by molar-refractivity contribution is 6.30. The van der Waals surface area contributed by atoms with Gasteiger partial charge in [-0.05, 0) is 42.2 Å². The van der Waals surface area contributed by atoms with E-state index in [0.717, 1.165) is 6.42 Å². The summed E-state index contributed by atoms with van der Waals surface area (Å²) in [6.07, 6.45) is 4.16. The molecule has 0 aromatic heterocycles. The van der Waals surface area contributed by atoms with Gasteiger partial charge in [-0.2, -0.15) is 0 Å². The van der Waals surface area contributed by atoms with Gasteiger partial charge in [0.15, 0.2) is 0 Å². The predicted octanol–water partition coefficient (Wildman–Crippen LogP) is 4.18. The Labute approximate surface area is 114 Å². The molecule has 1 nitrogen and oxygen atoms in total. The van der Waals surface area contributed by atoms with Crippen LogP contribution in [0.3, 0.4) is 0 Å². The number of nitrogens with two attached hydrogens (primary N) is 1. The summed E-state index contributed by atoms with van der Waals surface area (Å²) in [7, 11) is 0. The molecule has 0 aliphatic heterocycles. The highest BCUT2D eigenvalue weighted by Crippen LogP contribution is 2.44. The molecule has 1 aromatic rings. The average molecular weight is 270 g/mol. The molecule has 0 spiro atoms. The van der Waals surface area contributed by atoms with Crippen molar-refractivity contribution < 1.29 is 4.39 Å². The smallest absolute Gasteiger partial charge is 0.145 e. The van der Waals surface area contributed by atoms with Crippen LogP contribution in [0.5, 0.6) is 0 Å². The van der Waals surface area contributed by atoms with Crippen LogP contribution in [0.4, 0.5) is 4.39 Å². The Bertz CT molecular complexity index is 431. The van der Waals surface area contributed by atoms with Crippen molar-refractivity contribution in [2.45, 2.75) is 45.6 Å². The van der Waals surface area contributed by atoms with E-state index in [-0.39, 0.29) is 22.3 Å². The highest BCUT2D eigenvalue weighted by atomic mass is 35.5. The molecule has 1 aliphatic carbocycles. The molecule has 1 aromatic carbocycles. The fourth-order valence-electron chi connectivity index (χ4n) is 3.25. The van der Waals surface area contributed by atoms with Crippen LogP contribution in [0.1, 0.15) is 38.7 Å². The molecule has 2 N–H and O–H groups in total. The van der Waals surface area contributed by atoms with Gasteiger partial charge in [-0.3, -0.25) is 0 Å². The molecule has 18 heavy (non-hydrogen) atoms. The van der Waals surface area contributed by atoms with Crippen LogP contribution >= 0.6 is 11.6 Å². The van der Waals surface area contributed by atoms with E-state index in [4.69, 9.17) is 17.3 Å². The third-order valence-electron chi connectivity index (χ3n) is 4.34. The summed E-state index contributed by atoms with van der Waals surface area (Å²) in [4.78, 5) is 0. The summed E-state index contributed by atoms with van der Waals surface area (Å²) in [5.41, 5.74) is 7.20. The molecular formula is C15H21ClFN. The molecule has 0 heterocycles. The van der Waals surface area contributed by atoms with Crippen molar-refractivity contribution in [2.24, 2.45) is 17.1 Å². The van der Waals surface area contributed by atoms with Crippen molar-refractivity contribution in [1.82, 2.24) is 0 Å². The van der Waals surface area contributed by atoms with Gasteiger partial charge < -0.3 is 5.73 Å². The Morgan fingerprint density at radius 2 is 2.22 bits per heavy atom. The monoisotopic (exact) mass is 269 g/mol. The standard InChI is InChI=1S/C15H21ClFN/c1-15(2)8-4-6-11(15)13(18)9-10-5-3-7-12(16)14(10)17/h3,5,7,11,13H,4,6,8-9,18H2,1-2H3. The second-order valence-electron chi connectivity index (χ2n) is 6.07. The number of halogens is 2. The second-order valence-corrected chi connectivity index (χ2v) is 6.48. The molecule has 1 saturated carbocycles. The molecule has 0 radical (unpaired) electrons. The number of hydrogen-bond acceptors (Lipinski definition) is 1. The van der Waals surface area contributed by atoms with Crippen LogP contribution in [-0.2, 0) is 6.42 Å². The molecule has 0 amide bonds. The van der Waals surface area contributed by atoms with Crippen LogP contribution in [0.25, 0.3) is 0 Å². The van der Waals surface area contributed by atoms with Gasteiger partial charge in [-0.15, -0.1) is 0 Å². The fourth-order valence-corrected chi connectivity index (χ4v) is 3.44. The quantitative estimate of drug-likeness (QED) is 0.875. The van der Waals surface area contributed by atoms with Crippen LogP contribution in [0.2, 0.25) is 5.02 Å². The van der Waals surface area contributed by atoms with E-state index in [2.05, 4.69) is 13.8 Å². The van der Waals surface area contributed by atoms with E-state index >= 15 is 0 Å². The Morgan fingerprint density at radius 3 is 2.83 bits per heavy atom. The van der Waals surface area contributed by atoms with Gasteiger partial charge in [-0.25, -0.2) is 4.39 Å². The van der Waals surface area contributed by atoms with E-state index < -0.39 is 0 Å². The van der Waals surface area contributed by atoms with Crippen molar-refractivity contribution in [3.8, 4) is 0 Å². The molecule has 100 valence electrons. The van der Waals surface area contributed by atoms with Crippen molar-refractivity contribution in [1.29, 1.82) is 0 Å². The summed E-state index contributed by atoms with van der Waals surface area (Å²) in [6, 6.07) is 5.15. The molecule has 2 unspecified atom stereocenters. The predicted molar refractivity (Wildman–Crippen MR) is 74.2 cm³/mol. The first-order valence-corrected chi connectivity index (χ1v) is 6.98. The minimum Gasteiger partial charge on any atom is -0.327 e. The van der Waals surface area contributed by atoms with Crippen molar-refractivity contribution >= 4 is 11.6 Å². The maximum absolute atomic E-state index is 13.9. The summed E-state index contributed by atoms with van der Waals surface area (Å²) >= 11 is 5.80.